The van der Waals surface area contributed by atoms with Crippen molar-refractivity contribution in [3.8, 4) is 0 Å². The summed E-state index contributed by atoms with van der Waals surface area (Å²) in [6.07, 6.45) is 5.37. The average molecular weight is 528 g/mol. The van der Waals surface area contributed by atoms with Gasteiger partial charge in [0.1, 0.15) is 16.4 Å². The molecule has 35 heavy (non-hydrogen) atoms. The van der Waals surface area contributed by atoms with Gasteiger partial charge in [-0.1, -0.05) is 36.1 Å². The van der Waals surface area contributed by atoms with Crippen LogP contribution in [0.4, 0.5) is 18.7 Å². The number of aliphatic carboxylic acids is 1. The number of ether oxygens (including phenoxy) is 1. The molecule has 0 saturated heterocycles. The van der Waals surface area contributed by atoms with Gasteiger partial charge >= 0.3 is 12.0 Å². The van der Waals surface area contributed by atoms with Crippen LogP contribution < -0.4 is 5.32 Å². The Hall–Kier alpha value is -2.24. The van der Waals surface area contributed by atoms with Gasteiger partial charge in [0, 0.05) is 24.2 Å². The fourth-order valence-corrected chi connectivity index (χ4v) is 6.07. The molecular formula is C24H31F2N3O4S2. The third-order valence-electron chi connectivity index (χ3n) is 6.01. The Balaban J connectivity index is 1.60. The number of anilines is 1. The first-order valence-electron chi connectivity index (χ1n) is 11.5. The van der Waals surface area contributed by atoms with E-state index in [2.05, 4.69) is 17.2 Å². The first-order chi connectivity index (χ1) is 16.5. The maximum atomic E-state index is 13.8. The van der Waals surface area contributed by atoms with Crippen LogP contribution >= 0.6 is 23.1 Å². The highest BCUT2D eigenvalue weighted by Crippen LogP contribution is 2.37. The van der Waals surface area contributed by atoms with E-state index in [1.165, 1.54) is 35.2 Å². The van der Waals surface area contributed by atoms with Crippen molar-refractivity contribution in [3.05, 3.63) is 41.6 Å². The van der Waals surface area contributed by atoms with Crippen molar-refractivity contribution in [2.75, 3.05) is 18.5 Å². The lowest BCUT2D eigenvalue weighted by molar-refractivity contribution is -0.138. The zero-order valence-corrected chi connectivity index (χ0v) is 21.7. The maximum absolute atomic E-state index is 13.8. The standard InChI is InChI=1S/C24H31F2N3O4S2/c1-15-4-8-18(9-5-15)29(10-11-33-14-16-6-7-17(25)12-19(16)26)23(32)28-22-27-13-20(34-22)35-24(2,3)21(30)31/h6-7,12-13,15,18H,4-5,8-11,14H2,1-3H3,(H,30,31)(H,27,28,32). The van der Waals surface area contributed by atoms with E-state index in [9.17, 15) is 23.5 Å². The van der Waals surface area contributed by atoms with E-state index in [0.717, 1.165) is 31.7 Å². The Morgan fingerprint density at radius 1 is 1.29 bits per heavy atom. The molecule has 1 heterocycles. The monoisotopic (exact) mass is 527 g/mol. The Labute approximate surface area is 212 Å². The molecule has 0 unspecified atom stereocenters. The van der Waals surface area contributed by atoms with Crippen molar-refractivity contribution in [3.63, 3.8) is 0 Å². The van der Waals surface area contributed by atoms with Crippen LogP contribution in [0.3, 0.4) is 0 Å². The summed E-state index contributed by atoms with van der Waals surface area (Å²) in [6, 6.07) is 3.10. The van der Waals surface area contributed by atoms with E-state index < -0.39 is 22.4 Å². The number of hydrogen-bond donors (Lipinski definition) is 2. The lowest BCUT2D eigenvalue weighted by Crippen LogP contribution is -2.46. The van der Waals surface area contributed by atoms with Crippen LogP contribution in [-0.4, -0.2) is 50.9 Å². The molecule has 0 aliphatic heterocycles. The molecule has 0 bridgehead atoms. The van der Waals surface area contributed by atoms with E-state index in [1.54, 1.807) is 24.9 Å². The summed E-state index contributed by atoms with van der Waals surface area (Å²) in [5.74, 6) is -1.62. The molecule has 1 fully saturated rings. The third-order valence-corrected chi connectivity index (χ3v) is 8.20. The SMILES string of the molecule is CC1CCC(N(CCOCc2ccc(F)cc2F)C(=O)Nc2ncc(SC(C)(C)C(=O)O)s2)CC1. The second-order valence-corrected chi connectivity index (χ2v) is 12.2. The number of amides is 2. The number of thioether (sulfide) groups is 1. The van der Waals surface area contributed by atoms with Crippen LogP contribution in [0.25, 0.3) is 0 Å². The number of benzene rings is 1. The predicted molar refractivity (Wildman–Crippen MR) is 133 cm³/mol. The quantitative estimate of drug-likeness (QED) is 0.291. The Bertz CT molecular complexity index is 1030. The molecule has 2 amide bonds. The molecule has 1 aromatic carbocycles. The number of nitrogens with one attached hydrogen (secondary N) is 1. The maximum Gasteiger partial charge on any atom is 0.323 e. The van der Waals surface area contributed by atoms with Gasteiger partial charge in [0.2, 0.25) is 0 Å². The second-order valence-electron chi connectivity index (χ2n) is 9.23. The zero-order chi connectivity index (χ0) is 25.6. The number of carboxylic acid groups (broad SMARTS) is 1. The zero-order valence-electron chi connectivity index (χ0n) is 20.1. The van der Waals surface area contributed by atoms with Crippen LogP contribution in [0.5, 0.6) is 0 Å². The largest absolute Gasteiger partial charge is 0.480 e. The first-order valence-corrected chi connectivity index (χ1v) is 13.2. The molecule has 1 aliphatic carbocycles. The fourth-order valence-electron chi connectivity index (χ4n) is 3.81. The van der Waals surface area contributed by atoms with Crippen molar-refractivity contribution < 1.29 is 28.2 Å². The molecule has 0 spiro atoms. The molecular weight excluding hydrogens is 496 g/mol. The molecule has 2 N–H and O–H groups in total. The van der Waals surface area contributed by atoms with E-state index in [-0.39, 0.29) is 30.9 Å². The summed E-state index contributed by atoms with van der Waals surface area (Å²) in [5.41, 5.74) is 0.256. The number of nitrogens with zero attached hydrogens (tertiary/aromatic N) is 2. The topological polar surface area (TPSA) is 91.8 Å². The second kappa shape index (κ2) is 12.1. The van der Waals surface area contributed by atoms with Crippen molar-refractivity contribution >= 4 is 40.2 Å². The number of thiazole rings is 1. The number of urea groups is 1. The van der Waals surface area contributed by atoms with E-state index >= 15 is 0 Å². The normalized spacial score (nSPS) is 18.3. The number of halogens is 2. The number of aromatic nitrogens is 1. The van der Waals surface area contributed by atoms with Gasteiger partial charge in [-0.25, -0.2) is 18.6 Å². The van der Waals surface area contributed by atoms with Crippen LogP contribution in [0.2, 0.25) is 0 Å². The van der Waals surface area contributed by atoms with Gasteiger partial charge in [0.25, 0.3) is 0 Å². The smallest absolute Gasteiger partial charge is 0.323 e. The first kappa shape index (κ1) is 27.3. The Kier molecular flexibility index (Phi) is 9.48. The molecule has 11 heteroatoms. The van der Waals surface area contributed by atoms with Gasteiger partial charge in [0.15, 0.2) is 5.13 Å². The number of carbonyl (C=O) groups is 2. The van der Waals surface area contributed by atoms with Gasteiger partial charge in [0.05, 0.1) is 23.6 Å². The summed E-state index contributed by atoms with van der Waals surface area (Å²) < 4.78 is 32.2. The predicted octanol–water partition coefficient (Wildman–Crippen LogP) is 6.01. The molecule has 3 rings (SSSR count). The van der Waals surface area contributed by atoms with Crippen molar-refractivity contribution in [2.45, 2.75) is 68.1 Å². The van der Waals surface area contributed by atoms with Crippen LogP contribution in [-0.2, 0) is 16.1 Å². The van der Waals surface area contributed by atoms with Crippen molar-refractivity contribution in [2.24, 2.45) is 5.92 Å². The highest BCUT2D eigenvalue weighted by Gasteiger charge is 2.30. The number of hydrogen-bond acceptors (Lipinski definition) is 6. The van der Waals surface area contributed by atoms with Gasteiger partial charge in [-0.2, -0.15) is 0 Å². The van der Waals surface area contributed by atoms with Crippen molar-refractivity contribution in [1.82, 2.24) is 9.88 Å². The van der Waals surface area contributed by atoms with Gasteiger partial charge in [-0.3, -0.25) is 10.1 Å². The summed E-state index contributed by atoms with van der Waals surface area (Å²) in [5, 5.41) is 12.6. The van der Waals surface area contributed by atoms with Gasteiger partial charge < -0.3 is 14.7 Å². The average Bonchev–Trinajstić information content (AvgIpc) is 3.21. The third kappa shape index (κ3) is 7.88. The summed E-state index contributed by atoms with van der Waals surface area (Å²) in [6.45, 7) is 5.92. The fraction of sp³-hybridized carbons (Fsp3) is 0.542. The van der Waals surface area contributed by atoms with Gasteiger partial charge in [-0.05, 0) is 51.5 Å². The molecule has 1 aliphatic rings. The lowest BCUT2D eigenvalue weighted by Gasteiger charge is -2.36. The van der Waals surface area contributed by atoms with Crippen molar-refractivity contribution in [1.29, 1.82) is 0 Å². The number of carbonyl (C=O) groups excluding carboxylic acids is 1. The molecule has 7 nitrogen and oxygen atoms in total. The van der Waals surface area contributed by atoms with Gasteiger partial charge in [-0.15, -0.1) is 0 Å². The summed E-state index contributed by atoms with van der Waals surface area (Å²) >= 11 is 2.40. The Morgan fingerprint density at radius 3 is 2.66 bits per heavy atom. The molecule has 0 radical (unpaired) electrons. The molecule has 0 atom stereocenters. The van der Waals surface area contributed by atoms with E-state index in [0.29, 0.717) is 21.8 Å². The highest BCUT2D eigenvalue weighted by molar-refractivity contribution is 8.03. The van der Waals surface area contributed by atoms with Crippen LogP contribution in [0.1, 0.15) is 52.0 Å². The van der Waals surface area contributed by atoms with Crippen LogP contribution in [0.15, 0.2) is 28.6 Å². The minimum absolute atomic E-state index is 0.0182. The van der Waals surface area contributed by atoms with E-state index in [1.807, 2.05) is 0 Å². The number of rotatable bonds is 10. The van der Waals surface area contributed by atoms with E-state index in [4.69, 9.17) is 4.74 Å². The Morgan fingerprint density at radius 2 is 2.00 bits per heavy atom. The van der Waals surface area contributed by atoms with Crippen LogP contribution in [0, 0.1) is 17.6 Å². The molecule has 1 aromatic heterocycles. The molecule has 192 valence electrons. The molecule has 1 saturated carbocycles. The summed E-state index contributed by atoms with van der Waals surface area (Å²) in [4.78, 5) is 30.5. The highest BCUT2D eigenvalue weighted by atomic mass is 32.2. The number of carboxylic acids is 1. The summed E-state index contributed by atoms with van der Waals surface area (Å²) in [7, 11) is 0. The minimum atomic E-state index is -1.01. The lowest BCUT2D eigenvalue weighted by atomic mass is 9.86. The minimum Gasteiger partial charge on any atom is -0.480 e. The molecule has 2 aromatic rings.